The van der Waals surface area contributed by atoms with Crippen molar-refractivity contribution in [3.8, 4) is 11.3 Å². The molecule has 0 radical (unpaired) electrons. The predicted octanol–water partition coefficient (Wildman–Crippen LogP) is 4.02. The smallest absolute Gasteiger partial charge is 0.313 e. The number of esters is 1. The van der Waals surface area contributed by atoms with Crippen LogP contribution in [-0.2, 0) is 9.53 Å². The summed E-state index contributed by atoms with van der Waals surface area (Å²) in [5.41, 5.74) is 1.34. The molecule has 2 aromatic rings. The molecule has 0 spiro atoms. The van der Waals surface area contributed by atoms with Crippen molar-refractivity contribution in [2.75, 3.05) is 18.6 Å². The molecule has 1 aromatic heterocycles. The maximum atomic E-state index is 11.7. The fourth-order valence-corrected chi connectivity index (χ4v) is 3.77. The summed E-state index contributed by atoms with van der Waals surface area (Å²) in [5, 5.41) is 11.4. The number of ether oxygens (including phenoxy) is 1. The van der Waals surface area contributed by atoms with E-state index in [1.807, 2.05) is 12.1 Å². The van der Waals surface area contributed by atoms with Crippen molar-refractivity contribution in [2.24, 2.45) is 0 Å². The van der Waals surface area contributed by atoms with Crippen LogP contribution < -0.4 is 4.90 Å². The molecule has 3 rings (SSSR count). The second-order valence-electron chi connectivity index (χ2n) is 6.60. The number of halogens is 1. The van der Waals surface area contributed by atoms with E-state index in [0.717, 1.165) is 37.6 Å². The molecule has 1 aliphatic rings. The van der Waals surface area contributed by atoms with Gasteiger partial charge >= 0.3 is 11.7 Å². The van der Waals surface area contributed by atoms with Crippen LogP contribution in [0.5, 0.6) is 0 Å². The molecule has 1 fully saturated rings. The van der Waals surface area contributed by atoms with Gasteiger partial charge in [0.15, 0.2) is 5.69 Å². The summed E-state index contributed by atoms with van der Waals surface area (Å²) in [7, 11) is 1.36. The Labute approximate surface area is 167 Å². The number of hydrogen-bond acceptors (Lipinski definition) is 7. The van der Waals surface area contributed by atoms with Crippen molar-refractivity contribution in [2.45, 2.75) is 38.1 Å². The third-order valence-electron chi connectivity index (χ3n) is 4.96. The largest absolute Gasteiger partial charge is 0.469 e. The van der Waals surface area contributed by atoms with Gasteiger partial charge in [-0.05, 0) is 30.5 Å². The number of carbonyl (C=O) groups is 1. The molecule has 0 bridgehead atoms. The molecule has 0 N–H and O–H groups in total. The molecule has 1 saturated carbocycles. The standard InChI is InChI=1S/C19H21ClN4O4/c1-28-17(25)10-11-23(13-6-2-3-7-13)15-9-5-4-8-14(15)18-16(24(26)27)12-21-19(20)22-18/h4-5,8-9,12-13H,2-3,6-7,10-11H2,1H3. The first kappa shape index (κ1) is 20.0. The van der Waals surface area contributed by atoms with Gasteiger partial charge in [-0.25, -0.2) is 9.97 Å². The molecule has 1 heterocycles. The molecule has 0 aliphatic heterocycles. The summed E-state index contributed by atoms with van der Waals surface area (Å²) >= 11 is 5.93. The van der Waals surface area contributed by atoms with Gasteiger partial charge in [0.2, 0.25) is 5.28 Å². The van der Waals surface area contributed by atoms with E-state index in [1.165, 1.54) is 7.11 Å². The van der Waals surface area contributed by atoms with Crippen LogP contribution in [0.15, 0.2) is 30.5 Å². The Hall–Kier alpha value is -2.74. The predicted molar refractivity (Wildman–Crippen MR) is 105 cm³/mol. The summed E-state index contributed by atoms with van der Waals surface area (Å²) in [6, 6.07) is 7.59. The molecule has 1 aromatic carbocycles. The van der Waals surface area contributed by atoms with E-state index in [9.17, 15) is 14.9 Å². The Morgan fingerprint density at radius 3 is 2.75 bits per heavy atom. The van der Waals surface area contributed by atoms with E-state index < -0.39 is 4.92 Å². The first-order chi connectivity index (χ1) is 13.5. The molecule has 0 saturated heterocycles. The minimum Gasteiger partial charge on any atom is -0.469 e. The van der Waals surface area contributed by atoms with E-state index in [4.69, 9.17) is 16.3 Å². The zero-order chi connectivity index (χ0) is 20.1. The molecule has 28 heavy (non-hydrogen) atoms. The SMILES string of the molecule is COC(=O)CCN(c1ccccc1-c1nc(Cl)ncc1[N+](=O)[O-])C1CCCC1. The van der Waals surface area contributed by atoms with Gasteiger partial charge in [0.1, 0.15) is 6.20 Å². The molecular weight excluding hydrogens is 384 g/mol. The number of carbonyl (C=O) groups excluding carboxylic acids is 1. The number of para-hydroxylation sites is 1. The van der Waals surface area contributed by atoms with Crippen LogP contribution >= 0.6 is 11.6 Å². The highest BCUT2D eigenvalue weighted by molar-refractivity contribution is 6.28. The molecule has 9 heteroatoms. The van der Waals surface area contributed by atoms with Gasteiger partial charge in [0, 0.05) is 23.8 Å². The summed E-state index contributed by atoms with van der Waals surface area (Å²) < 4.78 is 4.79. The average molecular weight is 405 g/mol. The number of nitrogens with zero attached hydrogens (tertiary/aromatic N) is 4. The van der Waals surface area contributed by atoms with E-state index in [2.05, 4.69) is 14.9 Å². The maximum absolute atomic E-state index is 11.7. The minimum absolute atomic E-state index is 0.0580. The summed E-state index contributed by atoms with van der Waals surface area (Å²) in [4.78, 5) is 32.7. The third-order valence-corrected chi connectivity index (χ3v) is 5.14. The summed E-state index contributed by atoms with van der Waals surface area (Å²) in [6.45, 7) is 0.459. The second kappa shape index (κ2) is 8.97. The van der Waals surface area contributed by atoms with Crippen LogP contribution in [0, 0.1) is 10.1 Å². The number of methoxy groups -OCH3 is 1. The van der Waals surface area contributed by atoms with Gasteiger partial charge < -0.3 is 9.64 Å². The van der Waals surface area contributed by atoms with Gasteiger partial charge in [-0.2, -0.15) is 0 Å². The molecular formula is C19H21ClN4O4. The first-order valence-electron chi connectivity index (χ1n) is 9.11. The molecule has 8 nitrogen and oxygen atoms in total. The minimum atomic E-state index is -0.517. The molecule has 0 amide bonds. The number of aromatic nitrogens is 2. The van der Waals surface area contributed by atoms with Gasteiger partial charge in [-0.1, -0.05) is 31.0 Å². The van der Waals surface area contributed by atoms with E-state index in [0.29, 0.717) is 12.1 Å². The van der Waals surface area contributed by atoms with Crippen molar-refractivity contribution in [3.63, 3.8) is 0 Å². The number of hydrogen-bond donors (Lipinski definition) is 0. The Morgan fingerprint density at radius 2 is 2.07 bits per heavy atom. The van der Waals surface area contributed by atoms with E-state index >= 15 is 0 Å². The molecule has 0 atom stereocenters. The number of nitro groups is 1. The van der Waals surface area contributed by atoms with Crippen LogP contribution in [-0.4, -0.2) is 40.6 Å². The quantitative estimate of drug-likeness (QED) is 0.297. The summed E-state index contributed by atoms with van der Waals surface area (Å²) in [6.07, 6.45) is 5.58. The fourth-order valence-electron chi connectivity index (χ4n) is 3.64. The van der Waals surface area contributed by atoms with Crippen molar-refractivity contribution in [1.82, 2.24) is 9.97 Å². The van der Waals surface area contributed by atoms with Crippen LogP contribution in [0.25, 0.3) is 11.3 Å². The monoisotopic (exact) mass is 404 g/mol. The maximum Gasteiger partial charge on any atom is 0.313 e. The van der Waals surface area contributed by atoms with Gasteiger partial charge in [0.05, 0.1) is 18.5 Å². The molecule has 0 unspecified atom stereocenters. The van der Waals surface area contributed by atoms with Gasteiger partial charge in [0.25, 0.3) is 0 Å². The highest BCUT2D eigenvalue weighted by Gasteiger charge is 2.28. The van der Waals surface area contributed by atoms with E-state index in [1.54, 1.807) is 12.1 Å². The fraction of sp³-hybridized carbons (Fsp3) is 0.421. The average Bonchev–Trinajstić information content (AvgIpc) is 3.22. The Kier molecular flexibility index (Phi) is 6.41. The normalized spacial score (nSPS) is 14.1. The van der Waals surface area contributed by atoms with Gasteiger partial charge in [-0.3, -0.25) is 14.9 Å². The van der Waals surface area contributed by atoms with Crippen LogP contribution in [0.3, 0.4) is 0 Å². The Morgan fingerprint density at radius 1 is 1.36 bits per heavy atom. The Balaban J connectivity index is 2.07. The third kappa shape index (κ3) is 4.39. The van der Waals surface area contributed by atoms with Crippen molar-refractivity contribution in [1.29, 1.82) is 0 Å². The number of rotatable bonds is 7. The number of benzene rings is 1. The lowest BCUT2D eigenvalue weighted by Crippen LogP contribution is -2.35. The molecule has 1 aliphatic carbocycles. The zero-order valence-electron chi connectivity index (χ0n) is 15.5. The topological polar surface area (TPSA) is 98.5 Å². The van der Waals surface area contributed by atoms with Crippen LogP contribution in [0.1, 0.15) is 32.1 Å². The first-order valence-corrected chi connectivity index (χ1v) is 9.49. The van der Waals surface area contributed by atoms with Crippen molar-refractivity contribution < 1.29 is 14.5 Å². The van der Waals surface area contributed by atoms with Gasteiger partial charge in [-0.15, -0.1) is 0 Å². The molecule has 148 valence electrons. The lowest BCUT2D eigenvalue weighted by Gasteiger charge is -2.32. The lowest BCUT2D eigenvalue weighted by molar-refractivity contribution is -0.384. The highest BCUT2D eigenvalue weighted by atomic mass is 35.5. The van der Waals surface area contributed by atoms with Crippen LogP contribution in [0.4, 0.5) is 11.4 Å². The lowest BCUT2D eigenvalue weighted by atomic mass is 10.0. The van der Waals surface area contributed by atoms with E-state index in [-0.39, 0.29) is 35.1 Å². The second-order valence-corrected chi connectivity index (χ2v) is 6.94. The zero-order valence-corrected chi connectivity index (χ0v) is 16.3. The van der Waals surface area contributed by atoms with Crippen LogP contribution in [0.2, 0.25) is 5.28 Å². The van der Waals surface area contributed by atoms with Crippen molar-refractivity contribution in [3.05, 3.63) is 45.9 Å². The summed E-state index contributed by atoms with van der Waals surface area (Å²) in [5.74, 6) is -0.295. The number of anilines is 1. The Bertz CT molecular complexity index is 871. The van der Waals surface area contributed by atoms with Crippen molar-refractivity contribution >= 4 is 28.9 Å². The highest BCUT2D eigenvalue weighted by Crippen LogP contribution is 2.38.